The van der Waals surface area contributed by atoms with Crippen LogP contribution in [0.15, 0.2) is 18.2 Å². The second-order valence-electron chi connectivity index (χ2n) is 6.40. The van der Waals surface area contributed by atoms with Crippen molar-refractivity contribution >= 4 is 28.7 Å². The molecular formula is C16H22N2O4S. The molecule has 1 aliphatic carbocycles. The van der Waals surface area contributed by atoms with Crippen molar-refractivity contribution in [3.05, 3.63) is 23.8 Å². The molecule has 2 fully saturated rings. The maximum Gasteiger partial charge on any atom is 0.337 e. The van der Waals surface area contributed by atoms with Crippen LogP contribution in [-0.2, 0) is 11.4 Å². The highest BCUT2D eigenvalue weighted by Gasteiger charge is 2.44. The second kappa shape index (κ2) is 6.59. The summed E-state index contributed by atoms with van der Waals surface area (Å²) >= 11 is -1.37. The molecule has 1 aliphatic heterocycles. The normalized spacial score (nSPS) is 20.3. The lowest BCUT2D eigenvalue weighted by molar-refractivity contribution is 0.0697. The standard InChI is InChI=1S/C16H22N2O4S/c19-9-10-23(22)17-12-1-2-13(15(20)21)14(11-12)18-7-5-16(3-4-16)6-8-18/h1-2,11,17,19H,3-10H2,(H,20,21). The van der Waals surface area contributed by atoms with E-state index in [-0.39, 0.29) is 17.9 Å². The number of carboxylic acids is 1. The van der Waals surface area contributed by atoms with Gasteiger partial charge >= 0.3 is 5.97 Å². The minimum atomic E-state index is -1.37. The van der Waals surface area contributed by atoms with Crippen LogP contribution in [0.4, 0.5) is 11.4 Å². The number of benzene rings is 1. The molecule has 1 atom stereocenters. The Balaban J connectivity index is 1.79. The Morgan fingerprint density at radius 2 is 2.00 bits per heavy atom. The Hall–Kier alpha value is -1.44. The first-order valence-electron chi connectivity index (χ1n) is 7.91. The SMILES string of the molecule is O=C(O)c1ccc(N[S+]([O-])CCO)cc1N1CCC2(CC1)CC2. The highest BCUT2D eigenvalue weighted by atomic mass is 32.2. The van der Waals surface area contributed by atoms with Crippen LogP contribution in [-0.4, -0.2) is 46.2 Å². The lowest BCUT2D eigenvalue weighted by Crippen LogP contribution is -2.35. The molecule has 3 rings (SSSR count). The lowest BCUT2D eigenvalue weighted by atomic mass is 9.93. The Kier molecular flexibility index (Phi) is 4.70. The van der Waals surface area contributed by atoms with E-state index >= 15 is 0 Å². The van der Waals surface area contributed by atoms with E-state index in [9.17, 15) is 14.5 Å². The summed E-state index contributed by atoms with van der Waals surface area (Å²) in [6, 6.07) is 4.93. The quantitative estimate of drug-likeness (QED) is 0.685. The van der Waals surface area contributed by atoms with Crippen molar-refractivity contribution in [1.82, 2.24) is 0 Å². The molecule has 0 aromatic heterocycles. The number of nitrogens with one attached hydrogen (secondary N) is 1. The van der Waals surface area contributed by atoms with Crippen LogP contribution < -0.4 is 9.62 Å². The first-order valence-corrected chi connectivity index (χ1v) is 9.23. The van der Waals surface area contributed by atoms with Crippen LogP contribution in [0, 0.1) is 5.41 Å². The number of piperidine rings is 1. The van der Waals surface area contributed by atoms with Crippen LogP contribution in [0.2, 0.25) is 0 Å². The molecule has 2 aliphatic rings. The van der Waals surface area contributed by atoms with Gasteiger partial charge in [0.1, 0.15) is 0 Å². The van der Waals surface area contributed by atoms with Crippen LogP contribution in [0.1, 0.15) is 36.0 Å². The van der Waals surface area contributed by atoms with E-state index in [0.717, 1.165) is 25.9 Å². The molecule has 1 aromatic rings. The number of carboxylic acid groups (broad SMARTS) is 1. The van der Waals surface area contributed by atoms with Crippen molar-refractivity contribution in [2.24, 2.45) is 5.41 Å². The lowest BCUT2D eigenvalue weighted by Gasteiger charge is -2.34. The van der Waals surface area contributed by atoms with Gasteiger partial charge in [-0.15, -0.1) is 0 Å². The van der Waals surface area contributed by atoms with Gasteiger partial charge < -0.3 is 19.7 Å². The zero-order chi connectivity index (χ0) is 16.4. The van der Waals surface area contributed by atoms with Crippen molar-refractivity contribution in [3.63, 3.8) is 0 Å². The van der Waals surface area contributed by atoms with E-state index in [0.29, 0.717) is 16.8 Å². The third-order valence-corrected chi connectivity index (χ3v) is 5.88. The highest BCUT2D eigenvalue weighted by molar-refractivity contribution is 7.92. The number of aliphatic hydroxyl groups excluding tert-OH is 1. The molecule has 3 N–H and O–H groups in total. The summed E-state index contributed by atoms with van der Waals surface area (Å²) in [7, 11) is 0. The van der Waals surface area contributed by atoms with Crippen LogP contribution >= 0.6 is 0 Å². The molecule has 126 valence electrons. The Labute approximate surface area is 138 Å². The summed E-state index contributed by atoms with van der Waals surface area (Å²) in [6.07, 6.45) is 4.82. The van der Waals surface area contributed by atoms with Crippen molar-refractivity contribution in [2.75, 3.05) is 35.1 Å². The topological polar surface area (TPSA) is 95.9 Å². The average molecular weight is 338 g/mol. The third-order valence-electron chi connectivity index (χ3n) is 4.86. The fraction of sp³-hybridized carbons (Fsp3) is 0.562. The first-order chi connectivity index (χ1) is 11.0. The van der Waals surface area contributed by atoms with E-state index in [2.05, 4.69) is 9.62 Å². The van der Waals surface area contributed by atoms with Crippen molar-refractivity contribution < 1.29 is 19.6 Å². The van der Waals surface area contributed by atoms with Crippen LogP contribution in [0.25, 0.3) is 0 Å². The van der Waals surface area contributed by atoms with Crippen molar-refractivity contribution in [2.45, 2.75) is 25.7 Å². The number of anilines is 2. The molecule has 0 radical (unpaired) electrons. The monoisotopic (exact) mass is 338 g/mol. The highest BCUT2D eigenvalue weighted by Crippen LogP contribution is 2.54. The Bertz CT molecular complexity index is 581. The zero-order valence-electron chi connectivity index (χ0n) is 13.0. The summed E-state index contributed by atoms with van der Waals surface area (Å²) in [5.41, 5.74) is 2.09. The van der Waals surface area contributed by atoms with Gasteiger partial charge in [-0.05, 0) is 49.3 Å². The summed E-state index contributed by atoms with van der Waals surface area (Å²) in [5, 5.41) is 18.3. The van der Waals surface area contributed by atoms with E-state index in [1.165, 1.54) is 12.8 Å². The largest absolute Gasteiger partial charge is 0.593 e. The van der Waals surface area contributed by atoms with E-state index in [4.69, 9.17) is 5.11 Å². The van der Waals surface area contributed by atoms with Gasteiger partial charge in [0.25, 0.3) is 0 Å². The maximum atomic E-state index is 11.7. The summed E-state index contributed by atoms with van der Waals surface area (Å²) in [4.78, 5) is 13.6. The molecule has 6 nitrogen and oxygen atoms in total. The van der Waals surface area contributed by atoms with Crippen LogP contribution in [0.5, 0.6) is 0 Å². The number of rotatable bonds is 6. The number of hydrogen-bond acceptors (Lipinski definition) is 5. The van der Waals surface area contributed by atoms with Gasteiger partial charge in [0.2, 0.25) is 0 Å². The molecule has 1 aromatic carbocycles. The van der Waals surface area contributed by atoms with Gasteiger partial charge in [-0.2, -0.15) is 0 Å². The first kappa shape index (κ1) is 16.4. The molecule has 7 heteroatoms. The predicted molar refractivity (Wildman–Crippen MR) is 90.2 cm³/mol. The predicted octanol–water partition coefficient (Wildman–Crippen LogP) is 1.83. The molecule has 1 heterocycles. The molecule has 0 bridgehead atoms. The molecule has 23 heavy (non-hydrogen) atoms. The van der Waals surface area contributed by atoms with Gasteiger partial charge in [-0.3, -0.25) is 0 Å². The minimum Gasteiger partial charge on any atom is -0.593 e. The number of nitrogens with zero attached hydrogens (tertiary/aromatic N) is 1. The minimum absolute atomic E-state index is 0.141. The summed E-state index contributed by atoms with van der Waals surface area (Å²) in [5.74, 6) is -0.808. The molecule has 1 unspecified atom stereocenters. The van der Waals surface area contributed by atoms with Gasteiger partial charge in [0.05, 0.1) is 34.9 Å². The van der Waals surface area contributed by atoms with E-state index < -0.39 is 17.3 Å². The number of hydrogen-bond donors (Lipinski definition) is 3. The molecule has 1 saturated heterocycles. The van der Waals surface area contributed by atoms with Crippen molar-refractivity contribution in [1.29, 1.82) is 0 Å². The molecule has 0 amide bonds. The van der Waals surface area contributed by atoms with Gasteiger partial charge in [0.15, 0.2) is 5.75 Å². The third kappa shape index (κ3) is 3.73. The van der Waals surface area contributed by atoms with Crippen LogP contribution in [0.3, 0.4) is 0 Å². The molecule has 1 spiro atoms. The van der Waals surface area contributed by atoms with Gasteiger partial charge in [-0.1, -0.05) is 0 Å². The average Bonchev–Trinajstić information content (AvgIpc) is 3.27. The number of aromatic carboxylic acids is 1. The number of aliphatic hydroxyl groups is 1. The van der Waals surface area contributed by atoms with Crippen molar-refractivity contribution in [3.8, 4) is 0 Å². The van der Waals surface area contributed by atoms with E-state index in [1.807, 2.05) is 0 Å². The summed E-state index contributed by atoms with van der Waals surface area (Å²) in [6.45, 7) is 1.57. The van der Waals surface area contributed by atoms with Gasteiger partial charge in [-0.25, -0.2) is 9.52 Å². The summed E-state index contributed by atoms with van der Waals surface area (Å²) < 4.78 is 14.5. The maximum absolute atomic E-state index is 11.7. The van der Waals surface area contributed by atoms with E-state index in [1.54, 1.807) is 18.2 Å². The Morgan fingerprint density at radius 1 is 1.30 bits per heavy atom. The Morgan fingerprint density at radius 3 is 2.57 bits per heavy atom. The molecular weight excluding hydrogens is 316 g/mol. The second-order valence-corrected chi connectivity index (χ2v) is 7.70. The molecule has 1 saturated carbocycles. The number of carbonyl (C=O) groups is 1. The smallest absolute Gasteiger partial charge is 0.337 e. The van der Waals surface area contributed by atoms with Gasteiger partial charge in [0, 0.05) is 13.1 Å². The zero-order valence-corrected chi connectivity index (χ0v) is 13.8. The fourth-order valence-electron chi connectivity index (χ4n) is 3.20. The fourth-order valence-corrected chi connectivity index (χ4v) is 3.86.